The third kappa shape index (κ3) is 2.31. The maximum absolute atomic E-state index is 11.7. The van der Waals surface area contributed by atoms with Crippen molar-refractivity contribution in [2.75, 3.05) is 11.1 Å². The fraction of sp³-hybridized carbons (Fsp3) is 0.273. The van der Waals surface area contributed by atoms with E-state index in [4.69, 9.17) is 5.73 Å². The van der Waals surface area contributed by atoms with Gasteiger partial charge in [0.2, 0.25) is 11.8 Å². The van der Waals surface area contributed by atoms with E-state index in [-0.39, 0.29) is 11.8 Å². The van der Waals surface area contributed by atoms with Crippen LogP contribution in [0.15, 0.2) is 24.3 Å². The highest BCUT2D eigenvalue weighted by atomic mass is 16.2. The molecule has 1 aromatic rings. The molecule has 84 valence electrons. The second-order valence-electron chi connectivity index (χ2n) is 3.77. The minimum Gasteiger partial charge on any atom is -0.399 e. The minimum absolute atomic E-state index is 0.0762. The Morgan fingerprint density at radius 2 is 2.31 bits per heavy atom. The van der Waals surface area contributed by atoms with Crippen LogP contribution in [0.3, 0.4) is 0 Å². The van der Waals surface area contributed by atoms with Gasteiger partial charge >= 0.3 is 0 Å². The summed E-state index contributed by atoms with van der Waals surface area (Å²) in [5.41, 5.74) is 6.82. The van der Waals surface area contributed by atoms with Crippen LogP contribution in [0.5, 0.6) is 0 Å². The molecule has 5 heteroatoms. The first kappa shape index (κ1) is 10.5. The summed E-state index contributed by atoms with van der Waals surface area (Å²) in [6.07, 6.45) is 0.960. The highest BCUT2D eigenvalue weighted by Crippen LogP contribution is 2.14. The standard InChI is InChI=1S/C11H13N3O2/c12-7-2-1-3-8(6-7)13-11(16)9-4-5-10(15)14-9/h1-3,6,9H,4-5,12H2,(H,13,16)(H,14,15)/t9-/m1/s1. The third-order valence-electron chi connectivity index (χ3n) is 2.47. The summed E-state index contributed by atoms with van der Waals surface area (Å²) in [5.74, 6) is -0.274. The highest BCUT2D eigenvalue weighted by Gasteiger charge is 2.26. The first-order valence-corrected chi connectivity index (χ1v) is 5.11. The number of nitrogen functional groups attached to an aromatic ring is 1. The molecule has 0 unspecified atom stereocenters. The molecule has 1 aliphatic rings. The van der Waals surface area contributed by atoms with Gasteiger partial charge in [0.15, 0.2) is 0 Å². The van der Waals surface area contributed by atoms with Crippen molar-refractivity contribution in [3.63, 3.8) is 0 Å². The summed E-state index contributed by atoms with van der Waals surface area (Å²) in [6.45, 7) is 0. The average Bonchev–Trinajstić information content (AvgIpc) is 2.65. The Morgan fingerprint density at radius 3 is 2.94 bits per heavy atom. The molecule has 5 nitrogen and oxygen atoms in total. The molecule has 4 N–H and O–H groups in total. The van der Waals surface area contributed by atoms with Crippen LogP contribution in [0.4, 0.5) is 11.4 Å². The lowest BCUT2D eigenvalue weighted by Crippen LogP contribution is -2.37. The number of rotatable bonds is 2. The fourth-order valence-electron chi connectivity index (χ4n) is 1.66. The molecule has 0 aliphatic carbocycles. The number of amides is 2. The van der Waals surface area contributed by atoms with E-state index in [1.54, 1.807) is 24.3 Å². The Morgan fingerprint density at radius 1 is 1.50 bits per heavy atom. The predicted molar refractivity (Wildman–Crippen MR) is 60.6 cm³/mol. The quantitative estimate of drug-likeness (QED) is 0.633. The average molecular weight is 219 g/mol. The van der Waals surface area contributed by atoms with Crippen LogP contribution in [-0.4, -0.2) is 17.9 Å². The molecule has 1 aliphatic heterocycles. The second-order valence-corrected chi connectivity index (χ2v) is 3.77. The lowest BCUT2D eigenvalue weighted by molar-refractivity contribution is -0.122. The smallest absolute Gasteiger partial charge is 0.246 e. The molecule has 0 radical (unpaired) electrons. The Bertz CT molecular complexity index is 431. The molecule has 0 aromatic heterocycles. The topological polar surface area (TPSA) is 84.2 Å². The molecular formula is C11H13N3O2. The van der Waals surface area contributed by atoms with Gasteiger partial charge in [0.25, 0.3) is 0 Å². The zero-order chi connectivity index (χ0) is 11.5. The Kier molecular flexibility index (Phi) is 2.76. The second kappa shape index (κ2) is 4.22. The van der Waals surface area contributed by atoms with Crippen molar-refractivity contribution in [2.24, 2.45) is 0 Å². The van der Waals surface area contributed by atoms with E-state index >= 15 is 0 Å². The number of hydrogen-bond acceptors (Lipinski definition) is 3. The fourth-order valence-corrected chi connectivity index (χ4v) is 1.66. The predicted octanol–water partition coefficient (Wildman–Crippen LogP) is 0.486. The van der Waals surface area contributed by atoms with Crippen LogP contribution in [0, 0.1) is 0 Å². The molecule has 2 amide bonds. The molecule has 1 saturated heterocycles. The Balaban J connectivity index is 1.99. The van der Waals surface area contributed by atoms with E-state index in [0.29, 0.717) is 24.2 Å². The first-order valence-electron chi connectivity index (χ1n) is 5.11. The summed E-state index contributed by atoms with van der Waals surface area (Å²) < 4.78 is 0. The van der Waals surface area contributed by atoms with Crippen molar-refractivity contribution in [2.45, 2.75) is 18.9 Å². The van der Waals surface area contributed by atoms with E-state index in [9.17, 15) is 9.59 Å². The summed E-state index contributed by atoms with van der Waals surface area (Å²) in [6, 6.07) is 6.51. The molecule has 1 atom stereocenters. The van der Waals surface area contributed by atoms with Crippen LogP contribution < -0.4 is 16.4 Å². The lowest BCUT2D eigenvalue weighted by atomic mass is 10.2. The minimum atomic E-state index is -0.422. The van der Waals surface area contributed by atoms with Crippen molar-refractivity contribution in [1.82, 2.24) is 5.32 Å². The van der Waals surface area contributed by atoms with Gasteiger partial charge in [-0.2, -0.15) is 0 Å². The maximum atomic E-state index is 11.7. The van der Waals surface area contributed by atoms with Crippen LogP contribution in [0.2, 0.25) is 0 Å². The molecular weight excluding hydrogens is 206 g/mol. The van der Waals surface area contributed by atoms with Crippen molar-refractivity contribution < 1.29 is 9.59 Å². The number of nitrogens with two attached hydrogens (primary N) is 1. The highest BCUT2D eigenvalue weighted by molar-refractivity contribution is 5.99. The molecule has 1 heterocycles. The van der Waals surface area contributed by atoms with E-state index in [2.05, 4.69) is 10.6 Å². The summed E-state index contributed by atoms with van der Waals surface area (Å²) in [4.78, 5) is 22.7. The first-order chi connectivity index (χ1) is 7.65. The maximum Gasteiger partial charge on any atom is 0.246 e. The van der Waals surface area contributed by atoms with Crippen LogP contribution >= 0.6 is 0 Å². The van der Waals surface area contributed by atoms with Gasteiger partial charge in [0.05, 0.1) is 0 Å². The van der Waals surface area contributed by atoms with Gasteiger partial charge in [-0.15, -0.1) is 0 Å². The van der Waals surface area contributed by atoms with Crippen LogP contribution in [-0.2, 0) is 9.59 Å². The molecule has 2 rings (SSSR count). The van der Waals surface area contributed by atoms with Crippen molar-refractivity contribution >= 4 is 23.2 Å². The van der Waals surface area contributed by atoms with Gasteiger partial charge in [-0.3, -0.25) is 9.59 Å². The summed E-state index contributed by atoms with van der Waals surface area (Å²) >= 11 is 0. The number of anilines is 2. The van der Waals surface area contributed by atoms with Crippen molar-refractivity contribution in [1.29, 1.82) is 0 Å². The number of carbonyl (C=O) groups excluding carboxylic acids is 2. The molecule has 1 aromatic carbocycles. The molecule has 0 bridgehead atoms. The van der Waals surface area contributed by atoms with Gasteiger partial charge in [-0.05, 0) is 24.6 Å². The lowest BCUT2D eigenvalue weighted by Gasteiger charge is -2.10. The summed E-state index contributed by atoms with van der Waals surface area (Å²) in [7, 11) is 0. The van der Waals surface area contributed by atoms with E-state index in [1.807, 2.05) is 0 Å². The van der Waals surface area contributed by atoms with E-state index in [1.165, 1.54) is 0 Å². The Labute approximate surface area is 93.0 Å². The zero-order valence-corrected chi connectivity index (χ0v) is 8.69. The molecule has 1 fully saturated rings. The van der Waals surface area contributed by atoms with Gasteiger partial charge in [0, 0.05) is 17.8 Å². The van der Waals surface area contributed by atoms with Crippen molar-refractivity contribution in [3.05, 3.63) is 24.3 Å². The van der Waals surface area contributed by atoms with Gasteiger partial charge in [-0.1, -0.05) is 6.07 Å². The zero-order valence-electron chi connectivity index (χ0n) is 8.69. The van der Waals surface area contributed by atoms with Crippen molar-refractivity contribution in [3.8, 4) is 0 Å². The Hall–Kier alpha value is -2.04. The molecule has 0 spiro atoms. The monoisotopic (exact) mass is 219 g/mol. The van der Waals surface area contributed by atoms with Crippen LogP contribution in [0.25, 0.3) is 0 Å². The summed E-state index contributed by atoms with van der Waals surface area (Å²) in [5, 5.41) is 5.32. The number of nitrogens with one attached hydrogen (secondary N) is 2. The van der Waals surface area contributed by atoms with E-state index < -0.39 is 6.04 Å². The SMILES string of the molecule is Nc1cccc(NC(=O)[C@H]2CCC(=O)N2)c1. The van der Waals surface area contributed by atoms with Gasteiger partial charge in [-0.25, -0.2) is 0 Å². The van der Waals surface area contributed by atoms with Crippen LogP contribution in [0.1, 0.15) is 12.8 Å². The third-order valence-corrected chi connectivity index (χ3v) is 2.47. The van der Waals surface area contributed by atoms with Gasteiger partial charge in [0.1, 0.15) is 6.04 Å². The normalized spacial score (nSPS) is 19.2. The molecule has 16 heavy (non-hydrogen) atoms. The number of hydrogen-bond donors (Lipinski definition) is 3. The number of carbonyl (C=O) groups is 2. The number of benzene rings is 1. The van der Waals surface area contributed by atoms with E-state index in [0.717, 1.165) is 0 Å². The molecule has 0 saturated carbocycles. The largest absolute Gasteiger partial charge is 0.399 e. The van der Waals surface area contributed by atoms with Gasteiger partial charge < -0.3 is 16.4 Å².